The van der Waals surface area contributed by atoms with E-state index in [4.69, 9.17) is 0 Å². The number of carbonyl (C=O) groups is 1. The Labute approximate surface area is 133 Å². The van der Waals surface area contributed by atoms with E-state index in [2.05, 4.69) is 15.9 Å². The Balaban J connectivity index is 1.85. The molecule has 2 aliphatic heterocycles. The molecule has 2 aliphatic rings. The quantitative estimate of drug-likeness (QED) is 0.794. The van der Waals surface area contributed by atoms with Crippen LogP contribution >= 0.6 is 15.9 Å². The van der Waals surface area contributed by atoms with Crippen LogP contribution in [0, 0.1) is 6.92 Å². The molecule has 5 nitrogen and oxygen atoms in total. The zero-order chi connectivity index (χ0) is 15.2. The van der Waals surface area contributed by atoms with E-state index in [0.29, 0.717) is 31.0 Å². The van der Waals surface area contributed by atoms with Gasteiger partial charge in [0.15, 0.2) is 0 Å². The van der Waals surface area contributed by atoms with Gasteiger partial charge in [-0.1, -0.05) is 15.9 Å². The highest BCUT2D eigenvalue weighted by Gasteiger charge is 2.39. The van der Waals surface area contributed by atoms with Crippen LogP contribution in [-0.4, -0.2) is 49.2 Å². The number of carbonyl (C=O) groups excluding carboxylic acids is 1. The number of hydrogen-bond donors (Lipinski definition) is 0. The molecule has 1 aromatic carbocycles. The van der Waals surface area contributed by atoms with Gasteiger partial charge in [-0.25, -0.2) is 8.42 Å². The number of fused-ring (bicyclic) bond motifs is 1. The molecule has 7 heteroatoms. The molecule has 1 amide bonds. The smallest absolute Gasteiger partial charge is 0.243 e. The molecular weight excluding hydrogens is 356 g/mol. The molecule has 2 saturated heterocycles. The van der Waals surface area contributed by atoms with Gasteiger partial charge in [-0.2, -0.15) is 4.31 Å². The molecule has 0 N–H and O–H groups in total. The maximum atomic E-state index is 12.7. The minimum atomic E-state index is -3.48. The summed E-state index contributed by atoms with van der Waals surface area (Å²) in [4.78, 5) is 13.8. The van der Waals surface area contributed by atoms with Crippen LogP contribution in [0.2, 0.25) is 0 Å². The Morgan fingerprint density at radius 2 is 2.05 bits per heavy atom. The molecule has 114 valence electrons. The monoisotopic (exact) mass is 372 g/mol. The lowest BCUT2D eigenvalue weighted by atomic mass is 10.2. The van der Waals surface area contributed by atoms with E-state index in [9.17, 15) is 13.2 Å². The van der Waals surface area contributed by atoms with Crippen molar-refractivity contribution in [1.29, 1.82) is 0 Å². The van der Waals surface area contributed by atoms with Gasteiger partial charge in [0.25, 0.3) is 0 Å². The third-order valence-corrected chi connectivity index (χ3v) is 6.98. The average molecular weight is 373 g/mol. The number of nitrogens with zero attached hydrogens (tertiary/aromatic N) is 2. The summed E-state index contributed by atoms with van der Waals surface area (Å²) in [6.45, 7) is 3.15. The van der Waals surface area contributed by atoms with Gasteiger partial charge >= 0.3 is 0 Å². The van der Waals surface area contributed by atoms with Crippen molar-refractivity contribution < 1.29 is 13.2 Å². The molecule has 0 saturated carbocycles. The zero-order valence-electron chi connectivity index (χ0n) is 11.8. The summed E-state index contributed by atoms with van der Waals surface area (Å²) >= 11 is 3.38. The molecule has 0 aromatic heterocycles. The lowest BCUT2D eigenvalue weighted by Gasteiger charge is -2.36. The minimum Gasteiger partial charge on any atom is -0.337 e. The predicted molar refractivity (Wildman–Crippen MR) is 82.4 cm³/mol. The first kappa shape index (κ1) is 15.0. The molecule has 1 aromatic rings. The van der Waals surface area contributed by atoms with Crippen molar-refractivity contribution in [2.75, 3.05) is 19.6 Å². The van der Waals surface area contributed by atoms with E-state index in [-0.39, 0.29) is 11.9 Å². The van der Waals surface area contributed by atoms with Gasteiger partial charge in [0, 0.05) is 36.6 Å². The molecule has 21 heavy (non-hydrogen) atoms. The van der Waals surface area contributed by atoms with E-state index in [1.54, 1.807) is 18.2 Å². The van der Waals surface area contributed by atoms with E-state index in [1.165, 1.54) is 4.31 Å². The minimum absolute atomic E-state index is 0.0394. The molecule has 2 heterocycles. The van der Waals surface area contributed by atoms with Crippen LogP contribution in [0.5, 0.6) is 0 Å². The summed E-state index contributed by atoms with van der Waals surface area (Å²) in [5.74, 6) is 0.150. The SMILES string of the molecule is Cc1cc(S(=O)(=O)N2CCN3C(=O)CCC3C2)ccc1Br. The fraction of sp³-hybridized carbons (Fsp3) is 0.500. The zero-order valence-corrected chi connectivity index (χ0v) is 14.2. The Hall–Kier alpha value is -0.920. The van der Waals surface area contributed by atoms with E-state index < -0.39 is 10.0 Å². The van der Waals surface area contributed by atoms with Crippen molar-refractivity contribution in [2.24, 2.45) is 0 Å². The van der Waals surface area contributed by atoms with Crippen LogP contribution in [0.4, 0.5) is 0 Å². The number of hydrogen-bond acceptors (Lipinski definition) is 3. The normalized spacial score (nSPS) is 23.4. The van der Waals surface area contributed by atoms with E-state index >= 15 is 0 Å². The Morgan fingerprint density at radius 3 is 2.76 bits per heavy atom. The first-order valence-electron chi connectivity index (χ1n) is 6.95. The Bertz CT molecular complexity index is 689. The van der Waals surface area contributed by atoms with Crippen molar-refractivity contribution in [3.63, 3.8) is 0 Å². The van der Waals surface area contributed by atoms with Crippen molar-refractivity contribution >= 4 is 31.9 Å². The number of benzene rings is 1. The molecular formula is C14H17BrN2O3S. The number of rotatable bonds is 2. The van der Waals surface area contributed by atoms with Crippen LogP contribution in [0.1, 0.15) is 18.4 Å². The van der Waals surface area contributed by atoms with Crippen molar-refractivity contribution in [3.8, 4) is 0 Å². The predicted octanol–water partition coefficient (Wildman–Crippen LogP) is 1.75. The summed E-state index contributed by atoms with van der Waals surface area (Å²) in [7, 11) is -3.48. The summed E-state index contributed by atoms with van der Waals surface area (Å²) in [5, 5.41) is 0. The van der Waals surface area contributed by atoms with Gasteiger partial charge < -0.3 is 4.90 Å². The van der Waals surface area contributed by atoms with Gasteiger partial charge in [0.1, 0.15) is 0 Å². The van der Waals surface area contributed by atoms with Crippen LogP contribution in [0.15, 0.2) is 27.6 Å². The number of aryl methyl sites for hydroxylation is 1. The molecule has 2 fully saturated rings. The molecule has 1 atom stereocenters. The third kappa shape index (κ3) is 2.62. The highest BCUT2D eigenvalue weighted by molar-refractivity contribution is 9.10. The largest absolute Gasteiger partial charge is 0.337 e. The average Bonchev–Trinajstić information content (AvgIpc) is 2.83. The van der Waals surface area contributed by atoms with Crippen LogP contribution in [0.3, 0.4) is 0 Å². The number of halogens is 1. The third-order valence-electron chi connectivity index (χ3n) is 4.22. The molecule has 0 radical (unpaired) electrons. The van der Waals surface area contributed by atoms with Gasteiger partial charge in [-0.05, 0) is 37.1 Å². The first-order valence-corrected chi connectivity index (χ1v) is 9.18. The van der Waals surface area contributed by atoms with Crippen molar-refractivity contribution in [1.82, 2.24) is 9.21 Å². The molecule has 0 aliphatic carbocycles. The lowest BCUT2D eigenvalue weighted by molar-refractivity contribution is -0.130. The Kier molecular flexibility index (Phi) is 3.83. The fourth-order valence-electron chi connectivity index (χ4n) is 2.98. The second kappa shape index (κ2) is 5.37. The van der Waals surface area contributed by atoms with Gasteiger partial charge in [-0.3, -0.25) is 4.79 Å². The van der Waals surface area contributed by atoms with E-state index in [1.807, 2.05) is 11.8 Å². The summed E-state index contributed by atoms with van der Waals surface area (Å²) < 4.78 is 27.9. The Morgan fingerprint density at radius 1 is 1.29 bits per heavy atom. The van der Waals surface area contributed by atoms with Gasteiger partial charge in [0.05, 0.1) is 4.90 Å². The molecule has 1 unspecified atom stereocenters. The van der Waals surface area contributed by atoms with E-state index in [0.717, 1.165) is 16.5 Å². The lowest BCUT2D eigenvalue weighted by Crippen LogP contribution is -2.53. The molecule has 0 spiro atoms. The van der Waals surface area contributed by atoms with Gasteiger partial charge in [-0.15, -0.1) is 0 Å². The second-order valence-electron chi connectivity index (χ2n) is 5.55. The number of piperazine rings is 1. The highest BCUT2D eigenvalue weighted by Crippen LogP contribution is 2.28. The summed E-state index contributed by atoms with van der Waals surface area (Å²) in [6.07, 6.45) is 1.29. The number of sulfonamides is 1. The van der Waals surface area contributed by atoms with Crippen LogP contribution in [-0.2, 0) is 14.8 Å². The maximum Gasteiger partial charge on any atom is 0.243 e. The standard InChI is InChI=1S/C14H17BrN2O3S/c1-10-8-12(3-4-13(10)15)21(19,20)16-6-7-17-11(9-16)2-5-14(17)18/h3-4,8,11H,2,5-7,9H2,1H3. The van der Waals surface area contributed by atoms with Crippen molar-refractivity contribution in [2.45, 2.75) is 30.7 Å². The fourth-order valence-corrected chi connectivity index (χ4v) is 4.78. The first-order chi connectivity index (χ1) is 9.89. The molecule has 3 rings (SSSR count). The summed E-state index contributed by atoms with van der Waals surface area (Å²) in [6, 6.07) is 5.11. The van der Waals surface area contributed by atoms with Crippen LogP contribution < -0.4 is 0 Å². The van der Waals surface area contributed by atoms with Gasteiger partial charge in [0.2, 0.25) is 15.9 Å². The number of amides is 1. The molecule has 0 bridgehead atoms. The van der Waals surface area contributed by atoms with Crippen molar-refractivity contribution in [3.05, 3.63) is 28.2 Å². The maximum absolute atomic E-state index is 12.7. The topological polar surface area (TPSA) is 57.7 Å². The second-order valence-corrected chi connectivity index (χ2v) is 8.35. The summed E-state index contributed by atoms with van der Waals surface area (Å²) in [5.41, 5.74) is 0.894. The highest BCUT2D eigenvalue weighted by atomic mass is 79.9. The van der Waals surface area contributed by atoms with Crippen LogP contribution in [0.25, 0.3) is 0 Å².